The Balaban J connectivity index is 5.21. The molecule has 0 unspecified atom stereocenters. The molecule has 0 saturated carbocycles. The van der Waals surface area contributed by atoms with E-state index in [9.17, 15) is 57.1 Å². The van der Waals surface area contributed by atoms with Gasteiger partial charge in [-0.3, -0.25) is 0 Å². The van der Waals surface area contributed by atoms with Crippen LogP contribution in [0.1, 0.15) is 32.1 Å². The van der Waals surface area contributed by atoms with Gasteiger partial charge in [-0.15, -0.1) is 0 Å². The van der Waals surface area contributed by atoms with Crippen molar-refractivity contribution in [2.75, 3.05) is 18.5 Å². The van der Waals surface area contributed by atoms with Gasteiger partial charge in [0.2, 0.25) is 0 Å². The molecule has 0 rings (SSSR count). The van der Waals surface area contributed by atoms with Crippen LogP contribution in [0.3, 0.4) is 0 Å². The van der Waals surface area contributed by atoms with Gasteiger partial charge >= 0.3 is 35.8 Å². The van der Waals surface area contributed by atoms with Crippen molar-refractivity contribution in [1.29, 1.82) is 0 Å². The molecule has 0 fully saturated rings. The maximum absolute atomic E-state index is 13.4. The Bertz CT molecular complexity index is 504. The lowest BCUT2D eigenvalue weighted by Gasteiger charge is -2.39. The summed E-state index contributed by atoms with van der Waals surface area (Å²) in [7, 11) is 0. The molecule has 0 aromatic heterocycles. The smallest absolute Gasteiger partial charge is 0.381 e. The fourth-order valence-corrected chi connectivity index (χ4v) is 2.31. The minimum absolute atomic E-state index is 0.265. The fourth-order valence-electron chi connectivity index (χ4n) is 1.91. The molecule has 0 aliphatic rings. The van der Waals surface area contributed by atoms with Gasteiger partial charge in [-0.1, -0.05) is 28.8 Å². The monoisotopic (exact) mass is 526 g/mol. The summed E-state index contributed by atoms with van der Waals surface area (Å²) in [5.41, 5.74) is 0. The van der Waals surface area contributed by atoms with E-state index in [2.05, 4.69) is 20.7 Å². The summed E-state index contributed by atoms with van der Waals surface area (Å²) in [5.74, 6) is -36.6. The van der Waals surface area contributed by atoms with Crippen molar-refractivity contribution in [3.8, 4) is 0 Å². The second kappa shape index (κ2) is 9.77. The average molecular weight is 527 g/mol. The highest BCUT2D eigenvalue weighted by Gasteiger charge is 2.90. The van der Waals surface area contributed by atoms with Gasteiger partial charge in [-0.2, -0.15) is 57.1 Å². The van der Waals surface area contributed by atoms with Crippen molar-refractivity contribution in [2.24, 2.45) is 0 Å². The Hall–Kier alpha value is -0.470. The fraction of sp³-hybridized carbons (Fsp3) is 1.00. The molecule has 0 saturated heterocycles. The molecule has 0 bridgehead atoms. The van der Waals surface area contributed by atoms with E-state index in [4.69, 9.17) is 0 Å². The highest BCUT2D eigenvalue weighted by Crippen LogP contribution is 2.60. The van der Waals surface area contributed by atoms with Crippen LogP contribution in [0.4, 0.5) is 57.1 Å². The van der Waals surface area contributed by atoms with E-state index in [1.165, 1.54) is 0 Å². The number of hydrogen-bond donors (Lipinski definition) is 0. The van der Waals surface area contributed by atoms with Crippen LogP contribution in [0, 0.1) is 0 Å². The van der Waals surface area contributed by atoms with E-state index < -0.39 is 48.8 Å². The van der Waals surface area contributed by atoms with Crippen molar-refractivity contribution in [1.82, 2.24) is 0 Å². The lowest BCUT2D eigenvalue weighted by atomic mass is 9.93. The zero-order chi connectivity index (χ0) is 23.4. The highest BCUT2D eigenvalue weighted by atomic mass is 79.9. The Morgan fingerprint density at radius 1 is 0.517 bits per heavy atom. The van der Waals surface area contributed by atoms with Crippen LogP contribution in [0.2, 0.25) is 0 Å². The van der Waals surface area contributed by atoms with Crippen LogP contribution in [0.5, 0.6) is 0 Å². The van der Waals surface area contributed by atoms with Gasteiger partial charge in [0.25, 0.3) is 0 Å². The van der Waals surface area contributed by atoms with Crippen molar-refractivity contribution < 1.29 is 61.8 Å². The van der Waals surface area contributed by atoms with E-state index in [0.717, 1.165) is 6.42 Å². The molecule has 0 aliphatic heterocycles. The molecule has 0 amide bonds. The van der Waals surface area contributed by atoms with Crippen molar-refractivity contribution in [3.05, 3.63) is 0 Å². The molecule has 0 N–H and O–H groups in total. The maximum Gasteiger partial charge on any atom is 0.460 e. The Morgan fingerprint density at radius 2 is 0.966 bits per heavy atom. The summed E-state index contributed by atoms with van der Waals surface area (Å²) in [6.07, 6.45) is -7.46. The highest BCUT2D eigenvalue weighted by molar-refractivity contribution is 9.09. The Morgan fingerprint density at radius 3 is 1.41 bits per heavy atom. The van der Waals surface area contributed by atoms with E-state index in [-0.39, 0.29) is 13.0 Å². The molecule has 0 spiro atoms. The minimum atomic E-state index is -7.86. The molecular formula is C14H16BrF13O. The molecule has 0 aromatic rings. The second-order valence-corrected chi connectivity index (χ2v) is 6.76. The van der Waals surface area contributed by atoms with E-state index >= 15 is 0 Å². The summed E-state index contributed by atoms with van der Waals surface area (Å²) >= 11 is 3.13. The molecule has 0 atom stereocenters. The first-order chi connectivity index (χ1) is 12.8. The van der Waals surface area contributed by atoms with Gasteiger partial charge < -0.3 is 4.74 Å². The maximum atomic E-state index is 13.4. The van der Waals surface area contributed by atoms with Crippen LogP contribution in [-0.4, -0.2) is 54.3 Å². The zero-order valence-corrected chi connectivity index (χ0v) is 15.9. The lowest BCUT2D eigenvalue weighted by molar-refractivity contribution is -0.440. The van der Waals surface area contributed by atoms with Crippen LogP contribution < -0.4 is 0 Å². The molecule has 0 heterocycles. The van der Waals surface area contributed by atoms with Gasteiger partial charge in [-0.05, 0) is 12.8 Å². The molecule has 0 aromatic carbocycles. The molecular weight excluding hydrogens is 511 g/mol. The largest absolute Gasteiger partial charge is 0.460 e. The van der Waals surface area contributed by atoms with Gasteiger partial charge in [0.15, 0.2) is 0 Å². The van der Waals surface area contributed by atoms with Crippen LogP contribution in [-0.2, 0) is 4.74 Å². The van der Waals surface area contributed by atoms with E-state index in [0.29, 0.717) is 18.2 Å². The average Bonchev–Trinajstić information content (AvgIpc) is 2.55. The normalized spacial score (nSPS) is 15.1. The van der Waals surface area contributed by atoms with Crippen LogP contribution in [0.25, 0.3) is 0 Å². The first-order valence-electron chi connectivity index (χ1n) is 7.90. The number of halogens is 14. The predicted molar refractivity (Wildman–Crippen MR) is 78.5 cm³/mol. The van der Waals surface area contributed by atoms with Crippen molar-refractivity contribution in [2.45, 2.75) is 67.9 Å². The lowest BCUT2D eigenvalue weighted by Crippen LogP contribution is -2.70. The number of unbranched alkanes of at least 4 members (excludes halogenated alkanes) is 3. The molecule has 29 heavy (non-hydrogen) atoms. The molecule has 176 valence electrons. The number of rotatable bonds is 13. The zero-order valence-electron chi connectivity index (χ0n) is 14.4. The van der Waals surface area contributed by atoms with E-state index in [1.807, 2.05) is 0 Å². The standard InChI is InChI=1S/C14H16BrF13O/c15-6-3-1-2-4-7-29-8-5-9(16,17)10(18,19)11(20,21)12(22,23)13(24,25)14(26,27)28/h1-8H2. The minimum Gasteiger partial charge on any atom is -0.381 e. The molecule has 15 heteroatoms. The Kier molecular flexibility index (Phi) is 9.61. The third-order valence-corrected chi connectivity index (χ3v) is 4.29. The third-order valence-electron chi connectivity index (χ3n) is 3.73. The number of ether oxygens (including phenoxy) is 1. The number of hydrogen-bond acceptors (Lipinski definition) is 1. The second-order valence-electron chi connectivity index (χ2n) is 5.97. The van der Waals surface area contributed by atoms with E-state index in [1.54, 1.807) is 0 Å². The van der Waals surface area contributed by atoms with Crippen LogP contribution in [0.15, 0.2) is 0 Å². The van der Waals surface area contributed by atoms with Gasteiger partial charge in [0.1, 0.15) is 0 Å². The SMILES string of the molecule is FC(F)(F)C(F)(F)C(F)(F)C(F)(F)C(F)(F)C(F)(F)CCOCCCCCCBr. The summed E-state index contributed by atoms with van der Waals surface area (Å²) in [4.78, 5) is 0. The molecule has 0 aliphatic carbocycles. The van der Waals surface area contributed by atoms with Gasteiger partial charge in [0.05, 0.1) is 6.61 Å². The molecule has 0 radical (unpaired) electrons. The van der Waals surface area contributed by atoms with Gasteiger partial charge in [0, 0.05) is 18.4 Å². The van der Waals surface area contributed by atoms with Crippen LogP contribution >= 0.6 is 15.9 Å². The summed E-state index contributed by atoms with van der Waals surface area (Å²) in [6.45, 7) is -1.62. The quantitative estimate of drug-likeness (QED) is 0.141. The predicted octanol–water partition coefficient (Wildman–Crippen LogP) is 7.09. The molecule has 1 nitrogen and oxygen atoms in total. The topological polar surface area (TPSA) is 9.23 Å². The number of alkyl halides is 14. The first-order valence-corrected chi connectivity index (χ1v) is 9.03. The summed E-state index contributed by atoms with van der Waals surface area (Å²) in [5, 5.41) is 0.682. The van der Waals surface area contributed by atoms with Crippen molar-refractivity contribution in [3.63, 3.8) is 0 Å². The van der Waals surface area contributed by atoms with Gasteiger partial charge in [-0.25, -0.2) is 0 Å². The summed E-state index contributed by atoms with van der Waals surface area (Å²) in [6, 6.07) is 0. The third kappa shape index (κ3) is 5.82. The summed E-state index contributed by atoms with van der Waals surface area (Å²) < 4.78 is 172. The van der Waals surface area contributed by atoms with Crippen molar-refractivity contribution >= 4 is 15.9 Å². The first kappa shape index (κ1) is 28.5. The Labute approximate surface area is 165 Å².